The van der Waals surface area contributed by atoms with Crippen molar-refractivity contribution in [3.63, 3.8) is 0 Å². The molecule has 0 radical (unpaired) electrons. The largest absolute Gasteiger partial charge is 0.465 e. The van der Waals surface area contributed by atoms with E-state index in [4.69, 9.17) is 18.8 Å². The lowest BCUT2D eigenvalue weighted by atomic mass is 9.50. The minimum atomic E-state index is -6.08. The van der Waals surface area contributed by atoms with Crippen molar-refractivity contribution in [3.05, 3.63) is 0 Å². The molecule has 4 bridgehead atoms. The molecule has 14 heteroatoms. The number of hydrogen-bond donors (Lipinski definition) is 2. The number of carbonyl (C=O) groups excluding carboxylic acids is 3. The van der Waals surface area contributed by atoms with Gasteiger partial charge in [-0.05, 0) is 57.8 Å². The predicted octanol–water partition coefficient (Wildman–Crippen LogP) is 2.04. The van der Waals surface area contributed by atoms with Gasteiger partial charge in [0, 0.05) is 19.3 Å². The molecule has 0 aromatic heterocycles. The maximum absolute atomic E-state index is 13.4. The van der Waals surface area contributed by atoms with Gasteiger partial charge in [0.25, 0.3) is 0 Å². The number of carbonyl (C=O) groups is 3. The second-order valence-corrected chi connectivity index (χ2v) is 12.9. The van der Waals surface area contributed by atoms with Crippen molar-refractivity contribution in [2.45, 2.75) is 105 Å². The van der Waals surface area contributed by atoms with Crippen LogP contribution in [0.1, 0.15) is 77.6 Å². The maximum atomic E-state index is 13.4. The zero-order valence-corrected chi connectivity index (χ0v) is 21.3. The van der Waals surface area contributed by atoms with E-state index in [0.717, 1.165) is 32.1 Å². The lowest BCUT2D eigenvalue weighted by molar-refractivity contribution is -0.275. The van der Waals surface area contributed by atoms with Gasteiger partial charge >= 0.3 is 33.3 Å². The van der Waals surface area contributed by atoms with E-state index in [0.29, 0.717) is 19.3 Å². The average Bonchev–Trinajstić information content (AvgIpc) is 2.73. The summed E-state index contributed by atoms with van der Waals surface area (Å²) in [5.74, 6) is -4.48. The summed E-state index contributed by atoms with van der Waals surface area (Å²) in [5.41, 5.74) is -4.01. The van der Waals surface area contributed by atoms with Crippen LogP contribution in [0.25, 0.3) is 0 Å². The van der Waals surface area contributed by atoms with Gasteiger partial charge in [0.05, 0.1) is 11.2 Å². The molecule has 0 aliphatic heterocycles. The van der Waals surface area contributed by atoms with Crippen LogP contribution in [0.2, 0.25) is 0 Å². The highest BCUT2D eigenvalue weighted by Gasteiger charge is 2.65. The Labute approximate surface area is 212 Å². The molecule has 5 saturated carbocycles. The molecule has 4 unspecified atom stereocenters. The van der Waals surface area contributed by atoms with E-state index in [2.05, 4.69) is 4.74 Å². The second-order valence-electron chi connectivity index (χ2n) is 11.4. The molecule has 11 nitrogen and oxygen atoms in total. The molecular weight excluding hydrogens is 522 g/mol. The number of ether oxygens (including phenoxy) is 4. The predicted molar refractivity (Wildman–Crippen MR) is 119 cm³/mol. The van der Waals surface area contributed by atoms with Gasteiger partial charge in [-0.3, -0.25) is 4.55 Å². The monoisotopic (exact) mass is 554 g/mol. The zero-order chi connectivity index (χ0) is 27.3. The first kappa shape index (κ1) is 28.1. The molecule has 210 valence electrons. The van der Waals surface area contributed by atoms with E-state index in [1.54, 1.807) is 0 Å². The number of halogens is 2. The molecular formula is C23H32F2O11S. The van der Waals surface area contributed by atoms with Crippen molar-refractivity contribution in [1.29, 1.82) is 0 Å². The van der Waals surface area contributed by atoms with Crippen molar-refractivity contribution >= 4 is 28.0 Å². The van der Waals surface area contributed by atoms with Crippen molar-refractivity contribution in [2.24, 2.45) is 5.92 Å². The topological polar surface area (TPSA) is 163 Å². The fourth-order valence-electron chi connectivity index (χ4n) is 6.99. The Morgan fingerprint density at radius 2 is 1.51 bits per heavy atom. The SMILES string of the molecule is CC1(OC(=O)COC23CC4CC(O)(C2)CC(OC(=O)COC(=O)C(F)(F)S(=O)(=O)O)(C4)C3)CCCCC1. The summed E-state index contributed by atoms with van der Waals surface area (Å²) in [6.07, 6.45) is 6.28. The Hall–Kier alpha value is -1.90. The van der Waals surface area contributed by atoms with E-state index in [9.17, 15) is 36.7 Å². The molecule has 5 aliphatic rings. The van der Waals surface area contributed by atoms with Crippen LogP contribution in [0.4, 0.5) is 8.78 Å². The number of aliphatic hydroxyl groups is 1. The first-order valence-corrected chi connectivity index (χ1v) is 13.7. The normalized spacial score (nSPS) is 34.6. The first-order valence-electron chi connectivity index (χ1n) is 12.3. The molecule has 0 amide bonds. The van der Waals surface area contributed by atoms with E-state index in [-0.39, 0.29) is 31.8 Å². The van der Waals surface area contributed by atoms with Gasteiger partial charge < -0.3 is 24.1 Å². The highest BCUT2D eigenvalue weighted by molar-refractivity contribution is 7.87. The molecule has 5 fully saturated rings. The minimum absolute atomic E-state index is 0.0466. The molecule has 0 heterocycles. The Kier molecular flexibility index (Phi) is 7.13. The first-order chi connectivity index (χ1) is 17.0. The van der Waals surface area contributed by atoms with Crippen LogP contribution in [0, 0.1) is 5.92 Å². The maximum Gasteiger partial charge on any atom is 0.465 e. The third-order valence-corrected chi connectivity index (χ3v) is 8.73. The van der Waals surface area contributed by atoms with Gasteiger partial charge in [0.15, 0.2) is 6.61 Å². The summed E-state index contributed by atoms with van der Waals surface area (Å²) in [7, 11) is -6.08. The molecule has 4 atom stereocenters. The third kappa shape index (κ3) is 5.91. The summed E-state index contributed by atoms with van der Waals surface area (Å²) in [4.78, 5) is 36.3. The fraction of sp³-hybridized carbons (Fsp3) is 0.870. The minimum Gasteiger partial charge on any atom is -0.458 e. The van der Waals surface area contributed by atoms with Gasteiger partial charge in [0.1, 0.15) is 17.8 Å². The summed E-state index contributed by atoms with van der Waals surface area (Å²) < 4.78 is 77.8. The summed E-state index contributed by atoms with van der Waals surface area (Å²) in [6, 6.07) is 0. The van der Waals surface area contributed by atoms with Crippen LogP contribution in [-0.4, -0.2) is 76.9 Å². The fourth-order valence-corrected chi connectivity index (χ4v) is 7.26. The quantitative estimate of drug-likeness (QED) is 0.244. The van der Waals surface area contributed by atoms with E-state index in [1.165, 1.54) is 0 Å². The second kappa shape index (κ2) is 9.38. The van der Waals surface area contributed by atoms with Crippen molar-refractivity contribution in [1.82, 2.24) is 0 Å². The van der Waals surface area contributed by atoms with Gasteiger partial charge in [-0.1, -0.05) is 6.42 Å². The van der Waals surface area contributed by atoms with Crippen LogP contribution in [0.5, 0.6) is 0 Å². The number of esters is 3. The van der Waals surface area contributed by atoms with Crippen molar-refractivity contribution < 1.29 is 60.2 Å². The molecule has 0 saturated heterocycles. The lowest BCUT2D eigenvalue weighted by Gasteiger charge is -2.63. The standard InChI is InChI=1S/C23H32F2O11S/c1-19(5-3-2-4-6-19)35-17(27)11-34-21-8-15-7-20(29,12-21)13-22(9-15,14-21)36-16(26)10-33-18(28)23(24,25)37(30,31)32/h15,29H,2-14H2,1H3,(H,30,31,32). The van der Waals surface area contributed by atoms with Crippen LogP contribution in [-0.2, 0) is 43.4 Å². The van der Waals surface area contributed by atoms with Crippen LogP contribution in [0.15, 0.2) is 0 Å². The summed E-state index contributed by atoms with van der Waals surface area (Å²) >= 11 is 0. The van der Waals surface area contributed by atoms with E-state index < -0.39 is 62.3 Å². The van der Waals surface area contributed by atoms with Crippen molar-refractivity contribution in [3.8, 4) is 0 Å². The third-order valence-electron chi connectivity index (χ3n) is 7.92. The van der Waals surface area contributed by atoms with Crippen LogP contribution < -0.4 is 0 Å². The summed E-state index contributed by atoms with van der Waals surface area (Å²) in [6.45, 7) is 0.225. The van der Waals surface area contributed by atoms with Crippen LogP contribution >= 0.6 is 0 Å². The van der Waals surface area contributed by atoms with Gasteiger partial charge in [-0.25, -0.2) is 14.4 Å². The van der Waals surface area contributed by atoms with E-state index >= 15 is 0 Å². The molecule has 0 spiro atoms. The highest BCUT2D eigenvalue weighted by Crippen LogP contribution is 2.61. The van der Waals surface area contributed by atoms with Crippen LogP contribution in [0.3, 0.4) is 0 Å². The summed E-state index contributed by atoms with van der Waals surface area (Å²) in [5, 5.41) is 5.92. The Balaban J connectivity index is 1.38. The number of rotatable bonds is 9. The molecule has 5 rings (SSSR count). The van der Waals surface area contributed by atoms with Gasteiger partial charge in [-0.2, -0.15) is 17.2 Å². The number of hydrogen-bond acceptors (Lipinski definition) is 10. The Morgan fingerprint density at radius 1 is 0.919 bits per heavy atom. The van der Waals surface area contributed by atoms with Gasteiger partial charge in [-0.15, -0.1) is 0 Å². The molecule has 37 heavy (non-hydrogen) atoms. The Bertz CT molecular complexity index is 1060. The number of alkyl halides is 2. The van der Waals surface area contributed by atoms with Gasteiger partial charge in [0.2, 0.25) is 0 Å². The molecule has 0 aromatic carbocycles. The van der Waals surface area contributed by atoms with Crippen molar-refractivity contribution in [2.75, 3.05) is 13.2 Å². The Morgan fingerprint density at radius 3 is 2.14 bits per heavy atom. The molecule has 0 aromatic rings. The average molecular weight is 555 g/mol. The smallest absolute Gasteiger partial charge is 0.458 e. The molecule has 5 aliphatic carbocycles. The zero-order valence-electron chi connectivity index (χ0n) is 20.5. The van der Waals surface area contributed by atoms with E-state index in [1.807, 2.05) is 6.92 Å². The highest BCUT2D eigenvalue weighted by atomic mass is 32.2. The lowest BCUT2D eigenvalue weighted by Crippen LogP contribution is -2.68. The molecule has 2 N–H and O–H groups in total.